The lowest BCUT2D eigenvalue weighted by Gasteiger charge is -2.32. The van der Waals surface area contributed by atoms with Crippen LogP contribution in [0.1, 0.15) is 30.9 Å². The van der Waals surface area contributed by atoms with Crippen molar-refractivity contribution in [2.75, 3.05) is 13.1 Å². The van der Waals surface area contributed by atoms with Crippen LogP contribution >= 0.6 is 22.6 Å². The Morgan fingerprint density at radius 3 is 2.33 bits per heavy atom. The first-order chi connectivity index (χ1) is 11.5. The maximum absolute atomic E-state index is 13.5. The topological polar surface area (TPSA) is 53.0 Å². The third kappa shape index (κ3) is 3.57. The molecule has 1 fully saturated rings. The second kappa shape index (κ2) is 7.12. The van der Waals surface area contributed by atoms with Gasteiger partial charge in [-0.25, -0.2) is 13.8 Å². The molecule has 3 rings (SSSR count). The number of hydrogen-bond donors (Lipinski definition) is 0. The molecule has 0 unspecified atom stereocenters. The fourth-order valence-corrected chi connectivity index (χ4v) is 3.64. The molecular formula is C16H16F2IN3O2. The summed E-state index contributed by atoms with van der Waals surface area (Å²) < 4.78 is 26.9. The van der Waals surface area contributed by atoms with E-state index >= 15 is 0 Å². The Morgan fingerprint density at radius 1 is 1.12 bits per heavy atom. The van der Waals surface area contributed by atoms with Gasteiger partial charge < -0.3 is 4.90 Å². The van der Waals surface area contributed by atoms with Crippen LogP contribution in [0.5, 0.6) is 0 Å². The molecule has 1 aromatic carbocycles. The van der Waals surface area contributed by atoms with Crippen LogP contribution in [0.25, 0.3) is 0 Å². The van der Waals surface area contributed by atoms with Crippen molar-refractivity contribution in [1.82, 2.24) is 9.91 Å². The van der Waals surface area contributed by atoms with Gasteiger partial charge in [-0.05, 0) is 30.5 Å². The summed E-state index contributed by atoms with van der Waals surface area (Å²) >= 11 is 1.74. The average molecular weight is 447 g/mol. The molecule has 1 saturated heterocycles. The van der Waals surface area contributed by atoms with Crippen molar-refractivity contribution in [1.29, 1.82) is 0 Å². The van der Waals surface area contributed by atoms with Gasteiger partial charge >= 0.3 is 0 Å². The van der Waals surface area contributed by atoms with Crippen molar-refractivity contribution in [2.45, 2.75) is 25.3 Å². The molecule has 0 aliphatic carbocycles. The normalized spacial score (nSPS) is 21.4. The Labute approximate surface area is 151 Å². The lowest BCUT2D eigenvalue weighted by molar-refractivity contribution is -0.138. The molecule has 1 atom stereocenters. The predicted octanol–water partition coefficient (Wildman–Crippen LogP) is 3.49. The van der Waals surface area contributed by atoms with E-state index in [9.17, 15) is 18.4 Å². The fraction of sp³-hybridized carbons (Fsp3) is 0.438. The molecule has 0 radical (unpaired) electrons. The molecule has 0 spiro atoms. The lowest BCUT2D eigenvalue weighted by atomic mass is 9.94. The molecule has 0 aromatic heterocycles. The maximum Gasteiger partial charge on any atom is 0.283 e. The van der Waals surface area contributed by atoms with Crippen LogP contribution < -0.4 is 0 Å². The van der Waals surface area contributed by atoms with Gasteiger partial charge in [0.25, 0.3) is 3.91 Å². The zero-order chi connectivity index (χ0) is 17.3. The summed E-state index contributed by atoms with van der Waals surface area (Å²) in [4.78, 5) is 25.8. The number of benzene rings is 1. The molecule has 0 N–H and O–H groups in total. The highest BCUT2D eigenvalue weighted by atomic mass is 127. The van der Waals surface area contributed by atoms with Crippen molar-refractivity contribution in [3.05, 3.63) is 35.4 Å². The lowest BCUT2D eigenvalue weighted by Crippen LogP contribution is -2.41. The smallest absolute Gasteiger partial charge is 0.283 e. The highest BCUT2D eigenvalue weighted by Gasteiger charge is 2.35. The highest BCUT2D eigenvalue weighted by molar-refractivity contribution is 14.1. The summed E-state index contributed by atoms with van der Waals surface area (Å²) in [6.07, 6.45) is 3.17. The van der Waals surface area contributed by atoms with E-state index in [0.717, 1.165) is 6.07 Å². The standard InChI is InChI=1S/C16H16F2IN3O2/c17-12-7-11(8-13(18)9-12)14-1-4-20-22(14)15(23)10-2-5-21(6-3-10)16(19)24/h4,7-10,14H,1-3,5-6H2/t14-/m0/s1. The fourth-order valence-electron chi connectivity index (χ4n) is 3.16. The van der Waals surface area contributed by atoms with Crippen molar-refractivity contribution in [2.24, 2.45) is 11.0 Å². The minimum atomic E-state index is -0.668. The highest BCUT2D eigenvalue weighted by Crippen LogP contribution is 2.32. The number of hydrazone groups is 1. The van der Waals surface area contributed by atoms with Gasteiger partial charge in [0, 0.05) is 60.3 Å². The predicted molar refractivity (Wildman–Crippen MR) is 92.8 cm³/mol. The van der Waals surface area contributed by atoms with Crippen LogP contribution in [0.3, 0.4) is 0 Å². The summed E-state index contributed by atoms with van der Waals surface area (Å²) in [5, 5.41) is 5.45. The minimum absolute atomic E-state index is 0.0224. The van der Waals surface area contributed by atoms with Crippen molar-refractivity contribution < 1.29 is 18.4 Å². The molecule has 0 bridgehead atoms. The monoisotopic (exact) mass is 447 g/mol. The Balaban J connectivity index is 1.72. The third-order valence-corrected chi connectivity index (χ3v) is 5.10. The Hall–Kier alpha value is -1.58. The van der Waals surface area contributed by atoms with Crippen LogP contribution in [0.4, 0.5) is 13.6 Å². The van der Waals surface area contributed by atoms with Gasteiger partial charge in [0.15, 0.2) is 0 Å². The Bertz CT molecular complexity index is 670. The molecule has 2 aliphatic rings. The molecule has 2 heterocycles. The second-order valence-corrected chi connectivity index (χ2v) is 6.87. The Kier molecular flexibility index (Phi) is 5.12. The number of rotatable bonds is 2. The third-order valence-electron chi connectivity index (χ3n) is 4.42. The first kappa shape index (κ1) is 17.2. The van der Waals surface area contributed by atoms with E-state index in [1.165, 1.54) is 17.1 Å². The average Bonchev–Trinajstić information content (AvgIpc) is 3.03. The number of likely N-dealkylation sites (tertiary alicyclic amines) is 1. The number of nitrogens with zero attached hydrogens (tertiary/aromatic N) is 3. The van der Waals surface area contributed by atoms with Crippen LogP contribution in [0.15, 0.2) is 23.3 Å². The van der Waals surface area contributed by atoms with E-state index in [0.29, 0.717) is 37.9 Å². The van der Waals surface area contributed by atoms with Crippen LogP contribution in [0, 0.1) is 17.6 Å². The van der Waals surface area contributed by atoms with E-state index in [1.54, 1.807) is 33.7 Å². The van der Waals surface area contributed by atoms with Crippen molar-refractivity contribution >= 4 is 38.6 Å². The number of halogens is 3. The van der Waals surface area contributed by atoms with E-state index in [4.69, 9.17) is 0 Å². The van der Waals surface area contributed by atoms with Crippen LogP contribution in [-0.2, 0) is 4.79 Å². The molecular weight excluding hydrogens is 431 g/mol. The molecule has 2 amide bonds. The van der Waals surface area contributed by atoms with E-state index in [1.807, 2.05) is 0 Å². The Morgan fingerprint density at radius 2 is 1.75 bits per heavy atom. The van der Waals surface area contributed by atoms with Gasteiger partial charge in [-0.15, -0.1) is 0 Å². The van der Waals surface area contributed by atoms with Crippen LogP contribution in [0.2, 0.25) is 0 Å². The molecule has 8 heteroatoms. The van der Waals surface area contributed by atoms with Gasteiger partial charge in [-0.3, -0.25) is 9.59 Å². The van der Waals surface area contributed by atoms with Gasteiger partial charge in [0.1, 0.15) is 11.6 Å². The molecule has 1 aromatic rings. The van der Waals surface area contributed by atoms with Crippen LogP contribution in [-0.4, -0.2) is 39.0 Å². The largest absolute Gasteiger partial charge is 0.334 e. The first-order valence-electron chi connectivity index (χ1n) is 7.71. The van der Waals surface area contributed by atoms with Gasteiger partial charge in [-0.2, -0.15) is 5.10 Å². The molecule has 24 heavy (non-hydrogen) atoms. The number of carbonyl (C=O) groups excluding carboxylic acids is 2. The summed E-state index contributed by atoms with van der Waals surface area (Å²) in [5.74, 6) is -1.72. The molecule has 2 aliphatic heterocycles. The number of piperidine rings is 1. The maximum atomic E-state index is 13.5. The number of carbonyl (C=O) groups is 2. The van der Waals surface area contributed by atoms with E-state index < -0.39 is 17.7 Å². The molecule has 128 valence electrons. The zero-order valence-corrected chi connectivity index (χ0v) is 14.9. The summed E-state index contributed by atoms with van der Waals surface area (Å²) in [5.41, 5.74) is 0.401. The van der Waals surface area contributed by atoms with E-state index in [2.05, 4.69) is 5.10 Å². The first-order valence-corrected chi connectivity index (χ1v) is 8.79. The summed E-state index contributed by atoms with van der Waals surface area (Å²) in [6.45, 7) is 1.07. The van der Waals surface area contributed by atoms with E-state index in [-0.39, 0.29) is 15.7 Å². The van der Waals surface area contributed by atoms with Crippen molar-refractivity contribution in [3.8, 4) is 0 Å². The van der Waals surface area contributed by atoms with Gasteiger partial charge in [-0.1, -0.05) is 0 Å². The minimum Gasteiger partial charge on any atom is -0.334 e. The summed E-state index contributed by atoms with van der Waals surface area (Å²) in [7, 11) is 0. The van der Waals surface area contributed by atoms with Gasteiger partial charge in [0.05, 0.1) is 6.04 Å². The SMILES string of the molecule is O=C(I)N1CCC(C(=O)N2N=CC[C@H]2c2cc(F)cc(F)c2)CC1. The second-order valence-electron chi connectivity index (χ2n) is 5.95. The van der Waals surface area contributed by atoms with Crippen molar-refractivity contribution in [3.63, 3.8) is 0 Å². The molecule has 5 nitrogen and oxygen atoms in total. The number of amides is 2. The zero-order valence-electron chi connectivity index (χ0n) is 12.8. The molecule has 0 saturated carbocycles. The van der Waals surface area contributed by atoms with Gasteiger partial charge in [0.2, 0.25) is 5.91 Å². The quantitative estimate of drug-likeness (QED) is 0.396. The number of hydrogen-bond acceptors (Lipinski definition) is 3. The summed E-state index contributed by atoms with van der Waals surface area (Å²) in [6, 6.07) is 2.80.